The summed E-state index contributed by atoms with van der Waals surface area (Å²) in [5.74, 6) is -1.25. The fraction of sp³-hybridized carbons (Fsp3) is 0.440. The van der Waals surface area contributed by atoms with Crippen molar-refractivity contribution in [1.29, 1.82) is 0 Å². The van der Waals surface area contributed by atoms with Crippen LogP contribution in [0.2, 0.25) is 0 Å². The van der Waals surface area contributed by atoms with Gasteiger partial charge in [-0.3, -0.25) is 14.7 Å². The SMILES string of the molecule is COC(=O)[C@@H]1C[C@@H](NC(=O)OC(C)(C)C)CN1C(=O)Cn1ccc(NC(=O)OCc2ccccc2)nc1=O. The topological polar surface area (TPSA) is 158 Å². The van der Waals surface area contributed by atoms with E-state index in [2.05, 4.69) is 15.6 Å². The number of hydrogen-bond acceptors (Lipinski definition) is 9. The zero-order valence-corrected chi connectivity index (χ0v) is 21.6. The lowest BCUT2D eigenvalue weighted by atomic mass is 10.1. The van der Waals surface area contributed by atoms with Crippen LogP contribution in [-0.4, -0.2) is 69.9 Å². The lowest BCUT2D eigenvalue weighted by molar-refractivity contribution is -0.151. The summed E-state index contributed by atoms with van der Waals surface area (Å²) in [6, 6.07) is 8.89. The molecule has 13 nitrogen and oxygen atoms in total. The zero-order valence-electron chi connectivity index (χ0n) is 21.6. The molecule has 0 saturated carbocycles. The van der Waals surface area contributed by atoms with Crippen LogP contribution in [0.5, 0.6) is 0 Å². The number of ether oxygens (including phenoxy) is 3. The van der Waals surface area contributed by atoms with E-state index in [-0.39, 0.29) is 25.4 Å². The first-order valence-electron chi connectivity index (χ1n) is 11.9. The molecule has 3 amide bonds. The molecule has 0 radical (unpaired) electrons. The minimum atomic E-state index is -0.948. The number of esters is 1. The van der Waals surface area contributed by atoms with Gasteiger partial charge in [0, 0.05) is 19.2 Å². The summed E-state index contributed by atoms with van der Waals surface area (Å²) >= 11 is 0. The summed E-state index contributed by atoms with van der Waals surface area (Å²) in [6.07, 6.45) is -0.0550. The number of anilines is 1. The maximum Gasteiger partial charge on any atom is 0.413 e. The minimum absolute atomic E-state index is 0.0208. The molecule has 204 valence electrons. The highest BCUT2D eigenvalue weighted by atomic mass is 16.6. The van der Waals surface area contributed by atoms with Crippen molar-refractivity contribution in [3.05, 3.63) is 58.6 Å². The first-order valence-corrected chi connectivity index (χ1v) is 11.9. The highest BCUT2D eigenvalue weighted by Crippen LogP contribution is 2.20. The van der Waals surface area contributed by atoms with Gasteiger partial charge in [0.15, 0.2) is 0 Å². The molecular weight excluding hydrogens is 498 g/mol. The molecule has 1 fully saturated rings. The molecule has 13 heteroatoms. The zero-order chi connectivity index (χ0) is 27.9. The molecule has 1 aromatic carbocycles. The molecule has 3 rings (SSSR count). The van der Waals surface area contributed by atoms with Gasteiger partial charge in [-0.1, -0.05) is 30.3 Å². The predicted molar refractivity (Wildman–Crippen MR) is 134 cm³/mol. The predicted octanol–water partition coefficient (Wildman–Crippen LogP) is 1.66. The van der Waals surface area contributed by atoms with E-state index in [9.17, 15) is 24.0 Å². The normalized spacial score (nSPS) is 16.9. The Morgan fingerprint density at radius 1 is 1.08 bits per heavy atom. The molecule has 1 aromatic heterocycles. The van der Waals surface area contributed by atoms with E-state index in [4.69, 9.17) is 14.2 Å². The first kappa shape index (κ1) is 28.2. The lowest BCUT2D eigenvalue weighted by Gasteiger charge is -2.23. The van der Waals surface area contributed by atoms with Crippen molar-refractivity contribution < 1.29 is 33.4 Å². The molecule has 1 aliphatic heterocycles. The monoisotopic (exact) mass is 529 g/mol. The van der Waals surface area contributed by atoms with E-state index in [1.165, 1.54) is 24.3 Å². The molecule has 38 heavy (non-hydrogen) atoms. The third kappa shape index (κ3) is 8.05. The Bertz CT molecular complexity index is 1220. The number of benzene rings is 1. The average Bonchev–Trinajstić information content (AvgIpc) is 3.27. The number of nitrogens with one attached hydrogen (secondary N) is 2. The maximum atomic E-state index is 13.0. The first-order chi connectivity index (χ1) is 17.9. The fourth-order valence-corrected chi connectivity index (χ4v) is 3.77. The molecule has 0 spiro atoms. The van der Waals surface area contributed by atoms with Crippen LogP contribution in [0.4, 0.5) is 15.4 Å². The Labute approximate surface area is 219 Å². The number of likely N-dealkylation sites (tertiary alicyclic amines) is 1. The molecule has 0 unspecified atom stereocenters. The smallest absolute Gasteiger partial charge is 0.413 e. The standard InChI is InChI=1S/C25H31N5O8/c1-25(2,3)38-24(35)26-17-12-18(21(32)36-4)30(13-17)20(31)14-29-11-10-19(27-22(29)33)28-23(34)37-15-16-8-6-5-7-9-16/h5-11,17-18H,12-15H2,1-4H3,(H,26,35)(H,27,28,33,34)/t17-,18+/m1/s1. The lowest BCUT2D eigenvalue weighted by Crippen LogP contribution is -2.45. The van der Waals surface area contributed by atoms with E-state index in [1.54, 1.807) is 32.9 Å². The fourth-order valence-electron chi connectivity index (χ4n) is 3.77. The van der Waals surface area contributed by atoms with E-state index in [0.29, 0.717) is 0 Å². The molecule has 2 atom stereocenters. The summed E-state index contributed by atoms with van der Waals surface area (Å²) in [6.45, 7) is 4.79. The van der Waals surface area contributed by atoms with E-state index in [1.807, 2.05) is 18.2 Å². The number of amides is 3. The second-order valence-corrected chi connectivity index (χ2v) is 9.57. The number of nitrogens with zero attached hydrogens (tertiary/aromatic N) is 3. The summed E-state index contributed by atoms with van der Waals surface area (Å²) < 4.78 is 16.2. The Morgan fingerprint density at radius 3 is 2.42 bits per heavy atom. The Balaban J connectivity index is 1.60. The van der Waals surface area contributed by atoms with Crippen molar-refractivity contribution in [1.82, 2.24) is 19.8 Å². The van der Waals surface area contributed by atoms with Gasteiger partial charge in [0.25, 0.3) is 0 Å². The number of carbonyl (C=O) groups is 4. The second kappa shape index (κ2) is 12.2. The molecule has 2 heterocycles. The molecule has 2 N–H and O–H groups in total. The molecule has 0 aliphatic carbocycles. The van der Waals surface area contributed by atoms with E-state index < -0.39 is 54.0 Å². The highest BCUT2D eigenvalue weighted by molar-refractivity contribution is 5.86. The van der Waals surface area contributed by atoms with Gasteiger partial charge in [-0.2, -0.15) is 4.98 Å². The maximum absolute atomic E-state index is 13.0. The third-order valence-electron chi connectivity index (χ3n) is 5.44. The number of alkyl carbamates (subject to hydrolysis) is 1. The molecule has 0 bridgehead atoms. The van der Waals surface area contributed by atoms with Gasteiger partial charge in [-0.05, 0) is 32.4 Å². The van der Waals surface area contributed by atoms with Crippen LogP contribution < -0.4 is 16.3 Å². The van der Waals surface area contributed by atoms with Crippen LogP contribution in [0, 0.1) is 0 Å². The van der Waals surface area contributed by atoms with Gasteiger partial charge in [-0.15, -0.1) is 0 Å². The van der Waals surface area contributed by atoms with Gasteiger partial charge in [0.2, 0.25) is 5.91 Å². The third-order valence-corrected chi connectivity index (χ3v) is 5.44. The van der Waals surface area contributed by atoms with Crippen molar-refractivity contribution in [2.24, 2.45) is 0 Å². The number of aromatic nitrogens is 2. The quantitative estimate of drug-likeness (QED) is 0.402. The van der Waals surface area contributed by atoms with Gasteiger partial charge >= 0.3 is 23.8 Å². The van der Waals surface area contributed by atoms with Crippen molar-refractivity contribution in [2.45, 2.75) is 58.0 Å². The van der Waals surface area contributed by atoms with Gasteiger partial charge in [0.1, 0.15) is 30.6 Å². The van der Waals surface area contributed by atoms with Crippen molar-refractivity contribution >= 4 is 29.9 Å². The molecule has 2 aromatic rings. The Hall–Kier alpha value is -4.42. The van der Waals surface area contributed by atoms with Gasteiger partial charge < -0.3 is 24.4 Å². The summed E-state index contributed by atoms with van der Waals surface area (Å²) in [7, 11) is 1.20. The van der Waals surface area contributed by atoms with Crippen LogP contribution in [-0.2, 0) is 37.0 Å². The molecule has 1 saturated heterocycles. The summed E-state index contributed by atoms with van der Waals surface area (Å²) in [4.78, 5) is 67.0. The number of methoxy groups -OCH3 is 1. The Kier molecular flexibility index (Phi) is 9.05. The Morgan fingerprint density at radius 2 is 1.79 bits per heavy atom. The largest absolute Gasteiger partial charge is 0.467 e. The van der Waals surface area contributed by atoms with Gasteiger partial charge in [-0.25, -0.2) is 19.2 Å². The van der Waals surface area contributed by atoms with Crippen molar-refractivity contribution in [3.8, 4) is 0 Å². The van der Waals surface area contributed by atoms with Crippen LogP contribution >= 0.6 is 0 Å². The number of carbonyl (C=O) groups excluding carboxylic acids is 4. The number of rotatable bonds is 7. The molecular formula is C25H31N5O8. The minimum Gasteiger partial charge on any atom is -0.467 e. The second-order valence-electron chi connectivity index (χ2n) is 9.57. The number of hydrogen-bond donors (Lipinski definition) is 2. The van der Waals surface area contributed by atoms with Crippen molar-refractivity contribution in [3.63, 3.8) is 0 Å². The summed E-state index contributed by atoms with van der Waals surface area (Å²) in [5.41, 5.74) is -0.718. The highest BCUT2D eigenvalue weighted by Gasteiger charge is 2.41. The van der Waals surface area contributed by atoms with Crippen LogP contribution in [0.25, 0.3) is 0 Å². The average molecular weight is 530 g/mol. The van der Waals surface area contributed by atoms with Gasteiger partial charge in [0.05, 0.1) is 13.2 Å². The van der Waals surface area contributed by atoms with Crippen LogP contribution in [0.3, 0.4) is 0 Å². The summed E-state index contributed by atoms with van der Waals surface area (Å²) in [5, 5.41) is 5.02. The van der Waals surface area contributed by atoms with E-state index >= 15 is 0 Å². The van der Waals surface area contributed by atoms with Crippen LogP contribution in [0.1, 0.15) is 32.8 Å². The van der Waals surface area contributed by atoms with Crippen LogP contribution in [0.15, 0.2) is 47.4 Å². The van der Waals surface area contributed by atoms with Crippen molar-refractivity contribution in [2.75, 3.05) is 19.0 Å². The van der Waals surface area contributed by atoms with E-state index in [0.717, 1.165) is 10.1 Å². The molecule has 1 aliphatic rings.